The van der Waals surface area contributed by atoms with Gasteiger partial charge < -0.3 is 5.32 Å². The number of nitrogens with one attached hydrogen (secondary N) is 1. The maximum atomic E-state index is 13.6. The van der Waals surface area contributed by atoms with Crippen molar-refractivity contribution in [1.29, 1.82) is 0 Å². The molecule has 0 unspecified atom stereocenters. The number of amides is 1. The third-order valence-electron chi connectivity index (χ3n) is 5.33. The van der Waals surface area contributed by atoms with E-state index < -0.39 is 35.6 Å². The predicted octanol–water partition coefficient (Wildman–Crippen LogP) is 3.66. The molecule has 3 rings (SSSR count). The average molecular weight is 500 g/mol. The normalized spacial score (nSPS) is 12.0. The SMILES string of the molecule is CC(C)Cn1c(=O)n(C)c(=O)c2c(CC(=O)NCCF)c(Cc3ccccc3C(F)(F)F)sc21. The fourth-order valence-corrected chi connectivity index (χ4v) is 5.15. The molecule has 6 nitrogen and oxygen atoms in total. The molecule has 0 spiro atoms. The Balaban J connectivity index is 2.28. The Labute approximate surface area is 196 Å². The number of hydrogen-bond donors (Lipinski definition) is 1. The molecule has 0 aliphatic carbocycles. The lowest BCUT2D eigenvalue weighted by molar-refractivity contribution is -0.138. The molecule has 0 aliphatic heterocycles. The van der Waals surface area contributed by atoms with E-state index in [0.29, 0.717) is 9.71 Å². The van der Waals surface area contributed by atoms with E-state index in [2.05, 4.69) is 5.32 Å². The fraction of sp³-hybridized carbons (Fsp3) is 0.435. The van der Waals surface area contributed by atoms with E-state index in [1.165, 1.54) is 29.8 Å². The Hall–Kier alpha value is -2.95. The Morgan fingerprint density at radius 2 is 1.85 bits per heavy atom. The van der Waals surface area contributed by atoms with Gasteiger partial charge in [-0.15, -0.1) is 11.3 Å². The lowest BCUT2D eigenvalue weighted by atomic mass is 9.99. The maximum Gasteiger partial charge on any atom is 0.416 e. The van der Waals surface area contributed by atoms with Gasteiger partial charge in [0.15, 0.2) is 0 Å². The summed E-state index contributed by atoms with van der Waals surface area (Å²) in [5.74, 6) is -0.516. The molecule has 1 amide bonds. The van der Waals surface area contributed by atoms with Crippen LogP contribution >= 0.6 is 11.3 Å². The van der Waals surface area contributed by atoms with Crippen molar-refractivity contribution >= 4 is 27.5 Å². The van der Waals surface area contributed by atoms with Crippen LogP contribution in [0.3, 0.4) is 0 Å². The zero-order valence-corrected chi connectivity index (χ0v) is 19.8. The van der Waals surface area contributed by atoms with Crippen LogP contribution in [0.15, 0.2) is 33.9 Å². The van der Waals surface area contributed by atoms with E-state index >= 15 is 0 Å². The van der Waals surface area contributed by atoms with Gasteiger partial charge in [-0.2, -0.15) is 13.2 Å². The molecule has 0 fully saturated rings. The summed E-state index contributed by atoms with van der Waals surface area (Å²) in [5, 5.41) is 2.52. The van der Waals surface area contributed by atoms with Crippen molar-refractivity contribution < 1.29 is 22.4 Å². The second-order valence-electron chi connectivity index (χ2n) is 8.38. The van der Waals surface area contributed by atoms with E-state index in [1.54, 1.807) is 0 Å². The van der Waals surface area contributed by atoms with Gasteiger partial charge in [0.25, 0.3) is 5.56 Å². The molecule has 2 aromatic heterocycles. The quantitative estimate of drug-likeness (QED) is 0.481. The smallest absolute Gasteiger partial charge is 0.353 e. The number of halogens is 4. The Morgan fingerprint density at radius 3 is 2.47 bits per heavy atom. The molecule has 0 bridgehead atoms. The highest BCUT2D eigenvalue weighted by molar-refractivity contribution is 7.18. The van der Waals surface area contributed by atoms with Gasteiger partial charge in [0.2, 0.25) is 5.91 Å². The van der Waals surface area contributed by atoms with E-state index in [4.69, 9.17) is 0 Å². The number of hydrogen-bond acceptors (Lipinski definition) is 4. The van der Waals surface area contributed by atoms with Crippen molar-refractivity contribution in [3.63, 3.8) is 0 Å². The van der Waals surface area contributed by atoms with Gasteiger partial charge in [0, 0.05) is 31.4 Å². The van der Waals surface area contributed by atoms with Gasteiger partial charge in [0.1, 0.15) is 11.5 Å². The van der Waals surface area contributed by atoms with Crippen molar-refractivity contribution in [2.24, 2.45) is 13.0 Å². The molecular weight excluding hydrogens is 474 g/mol. The van der Waals surface area contributed by atoms with E-state index in [9.17, 15) is 31.9 Å². The summed E-state index contributed by atoms with van der Waals surface area (Å²) in [6, 6.07) is 5.10. The molecule has 34 heavy (non-hydrogen) atoms. The fourth-order valence-electron chi connectivity index (χ4n) is 3.82. The summed E-state index contributed by atoms with van der Waals surface area (Å²) in [5.41, 5.74) is -1.73. The number of rotatable bonds is 8. The molecule has 0 saturated carbocycles. The van der Waals surface area contributed by atoms with Crippen LogP contribution in [-0.2, 0) is 37.4 Å². The van der Waals surface area contributed by atoms with E-state index in [1.807, 2.05) is 13.8 Å². The van der Waals surface area contributed by atoms with Crippen molar-refractivity contribution in [3.8, 4) is 0 Å². The summed E-state index contributed by atoms with van der Waals surface area (Å²) in [6.45, 7) is 3.07. The van der Waals surface area contributed by atoms with Crippen LogP contribution in [0.4, 0.5) is 17.6 Å². The summed E-state index contributed by atoms with van der Waals surface area (Å²) in [6.07, 6.45) is -5.08. The molecule has 184 valence electrons. The van der Waals surface area contributed by atoms with Crippen molar-refractivity contribution in [3.05, 3.63) is 66.7 Å². The monoisotopic (exact) mass is 499 g/mol. The molecule has 1 N–H and O–H groups in total. The summed E-state index contributed by atoms with van der Waals surface area (Å²) in [4.78, 5) is 39.0. The molecule has 0 radical (unpaired) electrons. The minimum atomic E-state index is -4.58. The Bertz CT molecular complexity index is 1320. The minimum Gasteiger partial charge on any atom is -0.353 e. The molecule has 1 aromatic carbocycles. The van der Waals surface area contributed by atoms with Gasteiger partial charge >= 0.3 is 11.9 Å². The number of nitrogens with zero attached hydrogens (tertiary/aromatic N) is 2. The van der Waals surface area contributed by atoms with Crippen LogP contribution in [0.5, 0.6) is 0 Å². The van der Waals surface area contributed by atoms with Crippen LogP contribution in [0.25, 0.3) is 10.2 Å². The van der Waals surface area contributed by atoms with Crippen molar-refractivity contribution in [2.45, 2.75) is 39.4 Å². The Kier molecular flexibility index (Phi) is 7.64. The van der Waals surface area contributed by atoms with Crippen LogP contribution < -0.4 is 16.6 Å². The Morgan fingerprint density at radius 1 is 1.18 bits per heavy atom. The van der Waals surface area contributed by atoms with Crippen LogP contribution in [0, 0.1) is 5.92 Å². The molecular formula is C23H25F4N3O3S. The lowest BCUT2D eigenvalue weighted by Gasteiger charge is -2.13. The molecule has 0 atom stereocenters. The second-order valence-corrected chi connectivity index (χ2v) is 9.47. The topological polar surface area (TPSA) is 73.1 Å². The highest BCUT2D eigenvalue weighted by Crippen LogP contribution is 2.36. The lowest BCUT2D eigenvalue weighted by Crippen LogP contribution is -2.38. The summed E-state index contributed by atoms with van der Waals surface area (Å²) in [7, 11) is 1.32. The average Bonchev–Trinajstić information content (AvgIpc) is 3.10. The first kappa shape index (κ1) is 25.7. The number of carbonyl (C=O) groups is 1. The zero-order valence-electron chi connectivity index (χ0n) is 19.0. The van der Waals surface area contributed by atoms with Gasteiger partial charge in [-0.3, -0.25) is 18.7 Å². The predicted molar refractivity (Wildman–Crippen MR) is 123 cm³/mol. The highest BCUT2D eigenvalue weighted by Gasteiger charge is 2.33. The third-order valence-corrected chi connectivity index (χ3v) is 6.58. The number of thiophene rings is 1. The number of aromatic nitrogens is 2. The largest absolute Gasteiger partial charge is 0.416 e. The highest BCUT2D eigenvalue weighted by atomic mass is 32.1. The van der Waals surface area contributed by atoms with Crippen LogP contribution in [0.2, 0.25) is 0 Å². The van der Waals surface area contributed by atoms with Crippen LogP contribution in [-0.4, -0.2) is 28.3 Å². The maximum absolute atomic E-state index is 13.6. The number of benzene rings is 1. The zero-order chi connectivity index (χ0) is 25.2. The van der Waals surface area contributed by atoms with Crippen molar-refractivity contribution in [2.75, 3.05) is 13.2 Å². The summed E-state index contributed by atoms with van der Waals surface area (Å²) < 4.78 is 55.7. The van der Waals surface area contributed by atoms with Crippen LogP contribution in [0.1, 0.15) is 35.4 Å². The van der Waals surface area contributed by atoms with E-state index in [-0.39, 0.29) is 48.4 Å². The number of carbonyl (C=O) groups excluding carboxylic acids is 1. The van der Waals surface area contributed by atoms with Gasteiger partial charge in [-0.1, -0.05) is 32.0 Å². The minimum absolute atomic E-state index is 0.0125. The molecule has 0 aliphatic rings. The third kappa shape index (κ3) is 5.24. The van der Waals surface area contributed by atoms with Crippen molar-refractivity contribution in [1.82, 2.24) is 14.5 Å². The van der Waals surface area contributed by atoms with Gasteiger partial charge in [-0.25, -0.2) is 9.18 Å². The molecule has 2 heterocycles. The van der Waals surface area contributed by atoms with E-state index in [0.717, 1.165) is 22.0 Å². The second kappa shape index (κ2) is 10.1. The first-order valence-electron chi connectivity index (χ1n) is 10.7. The molecule has 11 heteroatoms. The van der Waals surface area contributed by atoms with Gasteiger partial charge in [0.05, 0.1) is 17.4 Å². The molecule has 0 saturated heterocycles. The first-order chi connectivity index (χ1) is 16.0. The summed E-state index contributed by atoms with van der Waals surface area (Å²) >= 11 is 1.04. The van der Waals surface area contributed by atoms with Gasteiger partial charge in [-0.05, 0) is 23.1 Å². The first-order valence-corrected chi connectivity index (χ1v) is 11.5. The number of fused-ring (bicyclic) bond motifs is 1. The number of alkyl halides is 4. The molecule has 3 aromatic rings. The standard InChI is InChI=1S/C23H25F4N3O3S/c1-13(2)12-30-21-19(20(32)29(3)22(30)33)15(11-18(31)28-9-8-24)17(34-21)10-14-6-4-5-7-16(14)23(25,26)27/h4-7,13H,8-12H2,1-3H3,(H,28,31).